The van der Waals surface area contributed by atoms with E-state index >= 15 is 0 Å². The molecule has 4 heteroatoms. The highest BCUT2D eigenvalue weighted by Crippen LogP contribution is 2.36. The van der Waals surface area contributed by atoms with Crippen LogP contribution in [0.15, 0.2) is 4.52 Å². The predicted molar refractivity (Wildman–Crippen MR) is 67.1 cm³/mol. The Morgan fingerprint density at radius 3 is 2.65 bits per heavy atom. The summed E-state index contributed by atoms with van der Waals surface area (Å²) < 4.78 is 5.53. The molecule has 0 spiro atoms. The van der Waals surface area contributed by atoms with Gasteiger partial charge in [-0.2, -0.15) is 4.98 Å². The molecule has 17 heavy (non-hydrogen) atoms. The number of piperidine rings is 1. The summed E-state index contributed by atoms with van der Waals surface area (Å²) in [6, 6.07) is 0. The molecule has 1 saturated heterocycles. The van der Waals surface area contributed by atoms with Gasteiger partial charge in [0.2, 0.25) is 5.89 Å². The van der Waals surface area contributed by atoms with Gasteiger partial charge >= 0.3 is 0 Å². The van der Waals surface area contributed by atoms with E-state index in [4.69, 9.17) is 4.52 Å². The van der Waals surface area contributed by atoms with Crippen LogP contribution in [0.5, 0.6) is 0 Å². The molecule has 1 unspecified atom stereocenters. The molecule has 0 aromatic carbocycles. The zero-order chi connectivity index (χ0) is 12.3. The fraction of sp³-hybridized carbons (Fsp3) is 0.846. The Labute approximate surface area is 103 Å². The van der Waals surface area contributed by atoms with Crippen molar-refractivity contribution in [3.63, 3.8) is 0 Å². The van der Waals surface area contributed by atoms with E-state index in [2.05, 4.69) is 36.2 Å². The maximum atomic E-state index is 5.53. The molecule has 1 N–H and O–H groups in total. The Kier molecular flexibility index (Phi) is 3.82. The first-order valence-electron chi connectivity index (χ1n) is 6.76. The zero-order valence-electron chi connectivity index (χ0n) is 11.1. The molecule has 0 amide bonds. The van der Waals surface area contributed by atoms with Crippen molar-refractivity contribution in [3.8, 4) is 0 Å². The number of aromatic nitrogens is 2. The van der Waals surface area contributed by atoms with Gasteiger partial charge in [-0.05, 0) is 38.8 Å². The number of hydrogen-bond donors (Lipinski definition) is 1. The van der Waals surface area contributed by atoms with Crippen molar-refractivity contribution < 1.29 is 4.52 Å². The third-order valence-corrected chi connectivity index (χ3v) is 4.19. The Morgan fingerprint density at radius 1 is 1.35 bits per heavy atom. The molecule has 0 saturated carbocycles. The van der Waals surface area contributed by atoms with Crippen LogP contribution in [0.1, 0.15) is 64.1 Å². The Hall–Kier alpha value is -0.900. The third-order valence-electron chi connectivity index (χ3n) is 4.19. The van der Waals surface area contributed by atoms with E-state index in [-0.39, 0.29) is 5.41 Å². The maximum Gasteiger partial charge on any atom is 0.232 e. The average molecular weight is 237 g/mol. The second-order valence-electron chi connectivity index (χ2n) is 5.15. The normalized spacial score (nSPS) is 21.4. The van der Waals surface area contributed by atoms with Crippen molar-refractivity contribution in [3.05, 3.63) is 11.7 Å². The van der Waals surface area contributed by atoms with E-state index < -0.39 is 0 Å². The van der Waals surface area contributed by atoms with Gasteiger partial charge in [0.1, 0.15) is 0 Å². The molecule has 2 heterocycles. The molecule has 0 aliphatic carbocycles. The Morgan fingerprint density at radius 2 is 2.06 bits per heavy atom. The fourth-order valence-electron chi connectivity index (χ4n) is 2.46. The topological polar surface area (TPSA) is 51.0 Å². The van der Waals surface area contributed by atoms with Crippen molar-refractivity contribution >= 4 is 0 Å². The van der Waals surface area contributed by atoms with E-state index in [1.807, 2.05) is 0 Å². The molecule has 96 valence electrons. The molecule has 4 nitrogen and oxygen atoms in total. The highest BCUT2D eigenvalue weighted by molar-refractivity contribution is 5.08. The van der Waals surface area contributed by atoms with E-state index in [0.717, 1.165) is 50.5 Å². The lowest BCUT2D eigenvalue weighted by Crippen LogP contribution is -2.39. The van der Waals surface area contributed by atoms with Crippen LogP contribution in [0.25, 0.3) is 0 Å². The monoisotopic (exact) mass is 237 g/mol. The van der Waals surface area contributed by atoms with Crippen LogP contribution < -0.4 is 5.32 Å². The summed E-state index contributed by atoms with van der Waals surface area (Å²) in [5, 5.41) is 7.54. The Balaban J connectivity index is 2.22. The van der Waals surface area contributed by atoms with E-state index in [0.29, 0.717) is 5.92 Å². The first-order valence-corrected chi connectivity index (χ1v) is 6.76. The summed E-state index contributed by atoms with van der Waals surface area (Å²) in [7, 11) is 0. The lowest BCUT2D eigenvalue weighted by molar-refractivity contribution is 0.216. The van der Waals surface area contributed by atoms with Gasteiger partial charge in [0.05, 0.1) is 5.41 Å². The summed E-state index contributed by atoms with van der Waals surface area (Å²) >= 11 is 0. The smallest absolute Gasteiger partial charge is 0.232 e. The van der Waals surface area contributed by atoms with Crippen LogP contribution in [0.2, 0.25) is 0 Å². The molecule has 1 aliphatic heterocycles. The van der Waals surface area contributed by atoms with Crippen LogP contribution in [0, 0.1) is 0 Å². The second-order valence-corrected chi connectivity index (χ2v) is 5.15. The van der Waals surface area contributed by atoms with Gasteiger partial charge in [0, 0.05) is 5.92 Å². The molecule has 1 atom stereocenters. The largest absolute Gasteiger partial charge is 0.339 e. The summed E-state index contributed by atoms with van der Waals surface area (Å²) in [6.45, 7) is 8.62. The first kappa shape index (κ1) is 12.6. The maximum absolute atomic E-state index is 5.53. The van der Waals surface area contributed by atoms with Gasteiger partial charge in [0.25, 0.3) is 0 Å². The minimum Gasteiger partial charge on any atom is -0.339 e. The molecule has 0 bridgehead atoms. The zero-order valence-corrected chi connectivity index (χ0v) is 11.1. The van der Waals surface area contributed by atoms with Gasteiger partial charge in [-0.1, -0.05) is 25.9 Å². The van der Waals surface area contributed by atoms with Crippen molar-refractivity contribution in [1.82, 2.24) is 15.5 Å². The summed E-state index contributed by atoms with van der Waals surface area (Å²) in [5.74, 6) is 2.12. The number of nitrogens with zero attached hydrogens (tertiary/aromatic N) is 2. The van der Waals surface area contributed by atoms with E-state index in [9.17, 15) is 0 Å². The second kappa shape index (κ2) is 5.17. The van der Waals surface area contributed by atoms with Crippen LogP contribution in [-0.4, -0.2) is 23.2 Å². The molecular weight excluding hydrogens is 214 g/mol. The first-order chi connectivity index (χ1) is 8.22. The van der Waals surface area contributed by atoms with Crippen molar-refractivity contribution in [2.75, 3.05) is 13.1 Å². The number of hydrogen-bond acceptors (Lipinski definition) is 4. The number of rotatable bonds is 4. The molecule has 0 radical (unpaired) electrons. The van der Waals surface area contributed by atoms with Gasteiger partial charge in [-0.3, -0.25) is 0 Å². The van der Waals surface area contributed by atoms with Crippen molar-refractivity contribution in [1.29, 1.82) is 0 Å². The van der Waals surface area contributed by atoms with Crippen LogP contribution in [-0.2, 0) is 5.41 Å². The molecule has 1 aromatic heterocycles. The minimum atomic E-state index is 0.115. The van der Waals surface area contributed by atoms with Gasteiger partial charge in [-0.15, -0.1) is 0 Å². The van der Waals surface area contributed by atoms with E-state index in [1.165, 1.54) is 0 Å². The highest BCUT2D eigenvalue weighted by atomic mass is 16.5. The minimum absolute atomic E-state index is 0.115. The lowest BCUT2D eigenvalue weighted by Gasteiger charge is -2.33. The molecule has 1 aliphatic rings. The molecule has 1 fully saturated rings. The quantitative estimate of drug-likeness (QED) is 0.874. The summed E-state index contributed by atoms with van der Waals surface area (Å²) in [5.41, 5.74) is 0.115. The van der Waals surface area contributed by atoms with Crippen LogP contribution in [0.3, 0.4) is 0 Å². The van der Waals surface area contributed by atoms with E-state index in [1.54, 1.807) is 0 Å². The van der Waals surface area contributed by atoms with Gasteiger partial charge < -0.3 is 9.84 Å². The predicted octanol–water partition coefficient (Wildman–Crippen LogP) is 2.61. The van der Waals surface area contributed by atoms with Gasteiger partial charge in [0.15, 0.2) is 5.82 Å². The average Bonchev–Trinajstić information content (AvgIpc) is 2.88. The van der Waals surface area contributed by atoms with Crippen molar-refractivity contribution in [2.45, 2.75) is 57.8 Å². The van der Waals surface area contributed by atoms with Gasteiger partial charge in [-0.25, -0.2) is 0 Å². The highest BCUT2D eigenvalue weighted by Gasteiger charge is 2.37. The van der Waals surface area contributed by atoms with Crippen molar-refractivity contribution in [2.24, 2.45) is 0 Å². The Bertz CT molecular complexity index is 355. The number of nitrogens with one attached hydrogen (secondary N) is 1. The summed E-state index contributed by atoms with van der Waals surface area (Å²) in [6.07, 6.45) is 4.34. The SMILES string of the molecule is CCC(C)c1noc(C2(CC)CCNCC2)n1. The molecule has 2 rings (SSSR count). The fourth-order valence-corrected chi connectivity index (χ4v) is 2.46. The van der Waals surface area contributed by atoms with Crippen LogP contribution >= 0.6 is 0 Å². The summed E-state index contributed by atoms with van der Waals surface area (Å²) in [4.78, 5) is 4.64. The standard InChI is InChI=1S/C13H23N3O/c1-4-10(3)11-15-12(17-16-11)13(5-2)6-8-14-9-7-13/h10,14H,4-9H2,1-3H3. The molecule has 1 aromatic rings. The van der Waals surface area contributed by atoms with Crippen LogP contribution in [0.4, 0.5) is 0 Å². The third kappa shape index (κ3) is 2.37. The molecular formula is C13H23N3O. The lowest BCUT2D eigenvalue weighted by atomic mass is 9.76.